The Hall–Kier alpha value is -3.65. The molecule has 0 aliphatic heterocycles. The van der Waals surface area contributed by atoms with Crippen molar-refractivity contribution in [2.24, 2.45) is 0 Å². The zero-order chi connectivity index (χ0) is 23.5. The van der Waals surface area contributed by atoms with Gasteiger partial charge < -0.3 is 14.4 Å². The van der Waals surface area contributed by atoms with E-state index in [0.717, 1.165) is 21.6 Å². The number of ether oxygens (including phenoxy) is 2. The van der Waals surface area contributed by atoms with Crippen LogP contribution in [0.25, 0.3) is 20.7 Å². The number of thiophene rings is 1. The lowest BCUT2D eigenvalue weighted by Gasteiger charge is -2.19. The molecule has 0 aliphatic rings. The second kappa shape index (κ2) is 9.46. The van der Waals surface area contributed by atoms with Gasteiger partial charge in [-0.3, -0.25) is 14.2 Å². The van der Waals surface area contributed by atoms with E-state index in [4.69, 9.17) is 9.47 Å². The zero-order valence-corrected chi connectivity index (χ0v) is 19.8. The number of benzene rings is 2. The Morgan fingerprint density at radius 1 is 1.09 bits per heavy atom. The van der Waals surface area contributed by atoms with E-state index in [1.807, 2.05) is 49.4 Å². The largest absolute Gasteiger partial charge is 0.493 e. The first kappa shape index (κ1) is 22.5. The Bertz CT molecular complexity index is 1360. The lowest BCUT2D eigenvalue weighted by atomic mass is 10.1. The summed E-state index contributed by atoms with van der Waals surface area (Å²) in [4.78, 5) is 33.8. The highest BCUT2D eigenvalue weighted by Gasteiger charge is 2.18. The van der Waals surface area contributed by atoms with Gasteiger partial charge in [0, 0.05) is 18.5 Å². The fraction of sp³-hybridized carbons (Fsp3) is 0.240. The number of carbonyl (C=O) groups is 1. The Morgan fingerprint density at radius 2 is 1.82 bits per heavy atom. The van der Waals surface area contributed by atoms with Crippen molar-refractivity contribution in [3.05, 3.63) is 76.3 Å². The molecule has 2 heterocycles. The third-order valence-electron chi connectivity index (χ3n) is 5.55. The van der Waals surface area contributed by atoms with E-state index in [9.17, 15) is 9.59 Å². The minimum Gasteiger partial charge on any atom is -0.493 e. The Morgan fingerprint density at radius 3 is 2.52 bits per heavy atom. The molecule has 33 heavy (non-hydrogen) atoms. The van der Waals surface area contributed by atoms with E-state index in [0.29, 0.717) is 28.3 Å². The van der Waals surface area contributed by atoms with E-state index >= 15 is 0 Å². The quantitative estimate of drug-likeness (QED) is 0.412. The molecule has 0 bridgehead atoms. The van der Waals surface area contributed by atoms with Gasteiger partial charge in [0.1, 0.15) is 11.4 Å². The third-order valence-corrected chi connectivity index (χ3v) is 6.80. The Labute approximate surface area is 195 Å². The minimum atomic E-state index is -0.205. The number of carbonyl (C=O) groups excluding carboxylic acids is 1. The van der Waals surface area contributed by atoms with Crippen LogP contribution in [0.3, 0.4) is 0 Å². The summed E-state index contributed by atoms with van der Waals surface area (Å²) in [5, 5.41) is 0.566. The number of amides is 1. The molecule has 0 radical (unpaired) electrons. The van der Waals surface area contributed by atoms with Gasteiger partial charge in [0.05, 0.1) is 25.9 Å². The lowest BCUT2D eigenvalue weighted by molar-refractivity contribution is -0.131. The molecule has 4 aromatic rings. The lowest BCUT2D eigenvalue weighted by Crippen LogP contribution is -2.33. The van der Waals surface area contributed by atoms with E-state index in [2.05, 4.69) is 4.98 Å². The summed E-state index contributed by atoms with van der Waals surface area (Å²) in [7, 11) is 4.86. The second-order valence-electron chi connectivity index (χ2n) is 7.72. The van der Waals surface area contributed by atoms with Crippen LogP contribution in [-0.4, -0.2) is 41.6 Å². The number of likely N-dealkylation sites (N-methyl/N-ethyl adjacent to an activating group) is 1. The summed E-state index contributed by atoms with van der Waals surface area (Å²) in [6.45, 7) is 2.22. The summed E-state index contributed by atoms with van der Waals surface area (Å²) in [5.41, 5.74) is 2.63. The molecule has 0 aliphatic carbocycles. The van der Waals surface area contributed by atoms with Crippen molar-refractivity contribution in [3.63, 3.8) is 0 Å². The normalized spacial score (nSPS) is 10.9. The van der Waals surface area contributed by atoms with E-state index in [-0.39, 0.29) is 18.0 Å². The Kier molecular flexibility index (Phi) is 6.46. The molecule has 0 fully saturated rings. The highest BCUT2D eigenvalue weighted by molar-refractivity contribution is 7.22. The molecule has 0 N–H and O–H groups in total. The first-order chi connectivity index (χ1) is 15.9. The molecule has 7 nitrogen and oxygen atoms in total. The standard InChI is InChI=1S/C25H25N3O4S/c1-16-22-24(33-23(16)18-8-6-5-7-9-18)26-15-28(25(22)30)14-21(29)27(2)13-17-10-11-19(31-3)20(12-17)32-4/h5-12,15H,13-14H2,1-4H3. The van der Waals surface area contributed by atoms with Crippen LogP contribution in [-0.2, 0) is 17.9 Å². The van der Waals surface area contributed by atoms with Crippen LogP contribution in [0.1, 0.15) is 11.1 Å². The van der Waals surface area contributed by atoms with Crippen LogP contribution in [0.15, 0.2) is 59.7 Å². The molecule has 0 saturated heterocycles. The molecule has 4 rings (SSSR count). The molecule has 8 heteroatoms. The van der Waals surface area contributed by atoms with Crippen LogP contribution in [0.2, 0.25) is 0 Å². The first-order valence-electron chi connectivity index (χ1n) is 10.4. The van der Waals surface area contributed by atoms with Crippen molar-refractivity contribution in [1.82, 2.24) is 14.5 Å². The number of rotatable bonds is 7. The van der Waals surface area contributed by atoms with Gasteiger partial charge in [0.15, 0.2) is 11.5 Å². The van der Waals surface area contributed by atoms with Crippen LogP contribution in [0, 0.1) is 6.92 Å². The number of hydrogen-bond donors (Lipinski definition) is 0. The van der Waals surface area contributed by atoms with Crippen LogP contribution in [0.4, 0.5) is 0 Å². The van der Waals surface area contributed by atoms with Crippen molar-refractivity contribution >= 4 is 27.5 Å². The summed E-state index contributed by atoms with van der Waals surface area (Å²) in [5.74, 6) is 1.04. The van der Waals surface area contributed by atoms with Crippen molar-refractivity contribution in [3.8, 4) is 21.9 Å². The number of nitrogens with zero attached hydrogens (tertiary/aromatic N) is 3. The number of methoxy groups -OCH3 is 2. The number of hydrogen-bond acceptors (Lipinski definition) is 6. The van der Waals surface area contributed by atoms with Gasteiger partial charge in [0.25, 0.3) is 5.56 Å². The summed E-state index contributed by atoms with van der Waals surface area (Å²) >= 11 is 1.49. The molecule has 0 unspecified atom stereocenters. The van der Waals surface area contributed by atoms with Gasteiger partial charge in [-0.2, -0.15) is 0 Å². The highest BCUT2D eigenvalue weighted by Crippen LogP contribution is 2.35. The number of aromatic nitrogens is 2. The summed E-state index contributed by atoms with van der Waals surface area (Å²) in [6.07, 6.45) is 1.46. The fourth-order valence-corrected chi connectivity index (χ4v) is 4.89. The molecule has 0 spiro atoms. The Balaban J connectivity index is 1.56. The minimum absolute atomic E-state index is 0.0818. The van der Waals surface area contributed by atoms with Crippen molar-refractivity contribution in [2.45, 2.75) is 20.0 Å². The van der Waals surface area contributed by atoms with Crippen molar-refractivity contribution in [2.75, 3.05) is 21.3 Å². The fourth-order valence-electron chi connectivity index (χ4n) is 3.74. The van der Waals surface area contributed by atoms with E-state index in [1.54, 1.807) is 32.2 Å². The van der Waals surface area contributed by atoms with Crippen LogP contribution in [0.5, 0.6) is 11.5 Å². The van der Waals surface area contributed by atoms with Crippen molar-refractivity contribution in [1.29, 1.82) is 0 Å². The monoisotopic (exact) mass is 463 g/mol. The van der Waals surface area contributed by atoms with E-state index in [1.165, 1.54) is 22.2 Å². The smallest absolute Gasteiger partial charge is 0.262 e. The maximum Gasteiger partial charge on any atom is 0.262 e. The molecule has 2 aromatic heterocycles. The average Bonchev–Trinajstić information content (AvgIpc) is 3.18. The molecule has 170 valence electrons. The number of aryl methyl sites for hydroxylation is 1. The second-order valence-corrected chi connectivity index (χ2v) is 8.72. The maximum absolute atomic E-state index is 13.2. The van der Waals surface area contributed by atoms with Gasteiger partial charge >= 0.3 is 0 Å². The predicted molar refractivity (Wildman–Crippen MR) is 130 cm³/mol. The zero-order valence-electron chi connectivity index (χ0n) is 19.0. The SMILES string of the molecule is COc1ccc(CN(C)C(=O)Cn2cnc3sc(-c4ccccc4)c(C)c3c2=O)cc1OC. The van der Waals surface area contributed by atoms with Crippen molar-refractivity contribution < 1.29 is 14.3 Å². The molecule has 2 aromatic carbocycles. The van der Waals surface area contributed by atoms with Gasteiger partial charge in [0.2, 0.25) is 5.91 Å². The van der Waals surface area contributed by atoms with Crippen LogP contribution >= 0.6 is 11.3 Å². The number of fused-ring (bicyclic) bond motifs is 1. The molecular weight excluding hydrogens is 438 g/mol. The molecule has 0 saturated carbocycles. The van der Waals surface area contributed by atoms with Gasteiger partial charge in [-0.25, -0.2) is 4.98 Å². The van der Waals surface area contributed by atoms with Crippen LogP contribution < -0.4 is 15.0 Å². The van der Waals surface area contributed by atoms with Gasteiger partial charge in [-0.1, -0.05) is 36.4 Å². The maximum atomic E-state index is 13.2. The topological polar surface area (TPSA) is 73.7 Å². The van der Waals surface area contributed by atoms with Gasteiger partial charge in [-0.05, 0) is 35.7 Å². The first-order valence-corrected chi connectivity index (χ1v) is 11.2. The summed E-state index contributed by atoms with van der Waals surface area (Å²) < 4.78 is 12.0. The molecular formula is C25H25N3O4S. The predicted octanol–water partition coefficient (Wildman–Crippen LogP) is 4.11. The van der Waals surface area contributed by atoms with Gasteiger partial charge in [-0.15, -0.1) is 11.3 Å². The molecule has 1 amide bonds. The van der Waals surface area contributed by atoms with E-state index < -0.39 is 0 Å². The highest BCUT2D eigenvalue weighted by atomic mass is 32.1. The molecule has 0 atom stereocenters. The summed E-state index contributed by atoms with van der Waals surface area (Å²) in [6, 6.07) is 15.5. The third kappa shape index (κ3) is 4.47. The average molecular weight is 464 g/mol.